The molecule has 4 aromatic carbocycles. The molecule has 0 spiro atoms. The lowest BCUT2D eigenvalue weighted by Gasteiger charge is -2.28. The molecule has 2 amide bonds. The Morgan fingerprint density at radius 2 is 1.38 bits per heavy atom. The molecular weight excluding hydrogens is 820 g/mol. The highest BCUT2D eigenvalue weighted by Gasteiger charge is 2.36. The van der Waals surface area contributed by atoms with Gasteiger partial charge < -0.3 is 37.0 Å². The minimum absolute atomic E-state index is 0. The lowest BCUT2D eigenvalue weighted by atomic mass is 9.92. The van der Waals surface area contributed by atoms with Crippen molar-refractivity contribution in [2.45, 2.75) is 117 Å². The number of phenolic OH excluding ortho intramolecular Hbond substituents is 1. The number of aromatic hydroxyl groups is 1. The number of carboxylic acid groups (broad SMARTS) is 1. The van der Waals surface area contributed by atoms with Crippen LogP contribution in [-0.4, -0.2) is 74.8 Å². The van der Waals surface area contributed by atoms with E-state index in [2.05, 4.69) is 11.4 Å². The van der Waals surface area contributed by atoms with Gasteiger partial charge in [-0.3, -0.25) is 24.0 Å². The third kappa shape index (κ3) is 17.4. The van der Waals surface area contributed by atoms with Gasteiger partial charge in [-0.05, 0) is 122 Å². The highest BCUT2D eigenvalue weighted by atomic mass is 35.5. The summed E-state index contributed by atoms with van der Waals surface area (Å²) < 4.78 is 0. The van der Waals surface area contributed by atoms with Crippen LogP contribution in [0.4, 0.5) is 0 Å². The van der Waals surface area contributed by atoms with Crippen molar-refractivity contribution >= 4 is 41.0 Å². The molecule has 12 nitrogen and oxygen atoms in total. The Morgan fingerprint density at radius 3 is 2.05 bits per heavy atom. The molecular formula is C50H65ClN4O8. The Kier molecular flexibility index (Phi) is 22.2. The van der Waals surface area contributed by atoms with Gasteiger partial charge in [-0.1, -0.05) is 91.3 Å². The Labute approximate surface area is 377 Å². The molecule has 1 fully saturated rings. The minimum Gasteiger partial charge on any atom is -0.508 e. The van der Waals surface area contributed by atoms with Crippen molar-refractivity contribution < 1.29 is 39.3 Å². The van der Waals surface area contributed by atoms with Crippen LogP contribution in [0.3, 0.4) is 0 Å². The second-order valence-corrected chi connectivity index (χ2v) is 16.3. The van der Waals surface area contributed by atoms with Gasteiger partial charge in [0.25, 0.3) is 0 Å². The number of ketones is 2. The molecule has 63 heavy (non-hydrogen) atoms. The maximum atomic E-state index is 13.5. The van der Waals surface area contributed by atoms with E-state index >= 15 is 0 Å². The molecule has 0 aliphatic carbocycles. The highest BCUT2D eigenvalue weighted by molar-refractivity contribution is 6.30. The Balaban J connectivity index is 0.000000341. The van der Waals surface area contributed by atoms with E-state index in [1.54, 1.807) is 35.2 Å². The molecule has 0 saturated carbocycles. The van der Waals surface area contributed by atoms with Crippen LogP contribution in [0.1, 0.15) is 97.7 Å². The van der Waals surface area contributed by atoms with Crippen LogP contribution in [0.15, 0.2) is 91.0 Å². The highest BCUT2D eigenvalue weighted by Crippen LogP contribution is 2.27. The zero-order chi connectivity index (χ0) is 45.0. The number of carbonyl (C=O) groups excluding carboxylic acids is 4. The first kappa shape index (κ1) is 51.9. The van der Waals surface area contributed by atoms with Crippen LogP contribution < -0.4 is 16.8 Å². The smallest absolute Gasteiger partial charge is 0.303 e. The zero-order valence-corrected chi connectivity index (χ0v) is 36.3. The predicted octanol–water partition coefficient (Wildman–Crippen LogP) is 6.81. The van der Waals surface area contributed by atoms with Gasteiger partial charge in [-0.2, -0.15) is 0 Å². The molecule has 1 saturated heterocycles. The van der Waals surface area contributed by atoms with E-state index in [1.165, 1.54) is 0 Å². The van der Waals surface area contributed by atoms with E-state index < -0.39 is 29.9 Å². The lowest BCUT2D eigenvalue weighted by molar-refractivity contribution is -0.142. The molecule has 0 aromatic heterocycles. The first-order valence-corrected chi connectivity index (χ1v) is 21.8. The topological polar surface area (TPSA) is 213 Å². The summed E-state index contributed by atoms with van der Waals surface area (Å²) in [6.07, 6.45) is 4.16. The normalized spacial score (nSPS) is 14.1. The maximum absolute atomic E-state index is 13.5. The molecule has 5 rings (SSSR count). The van der Waals surface area contributed by atoms with Gasteiger partial charge in [0.15, 0.2) is 11.6 Å². The molecule has 340 valence electrons. The maximum Gasteiger partial charge on any atom is 0.303 e. The number of hydrogen-bond acceptors (Lipinski definition) is 9. The van der Waals surface area contributed by atoms with Gasteiger partial charge in [-0.25, -0.2) is 0 Å². The Bertz CT molecular complexity index is 2100. The quantitative estimate of drug-likeness (QED) is 0.0485. The number of aliphatic carboxylic acids is 1. The number of phenols is 1. The van der Waals surface area contributed by atoms with Gasteiger partial charge in [0.2, 0.25) is 11.8 Å². The number of halogens is 1. The van der Waals surface area contributed by atoms with Crippen molar-refractivity contribution in [2.24, 2.45) is 17.4 Å². The van der Waals surface area contributed by atoms with Gasteiger partial charge in [-0.15, -0.1) is 0 Å². The predicted molar refractivity (Wildman–Crippen MR) is 247 cm³/mol. The number of Topliss-reactive ketones (excluding diaryl/α,β-unsaturated/α-hetero) is 2. The number of nitrogens with zero attached hydrogens (tertiary/aromatic N) is 1. The van der Waals surface area contributed by atoms with Crippen molar-refractivity contribution in [3.8, 4) is 5.75 Å². The summed E-state index contributed by atoms with van der Waals surface area (Å²) in [6.45, 7) is 3.24. The number of rotatable bonds is 22. The number of hydrogen-bond donors (Lipinski definition) is 6. The molecule has 1 aliphatic heterocycles. The standard InChI is InChI=1S/C28H36N2O5.C21H25ClN2O3.CH4/c1-19-4-8-23(18-29)22(17-19)10-14-26(32)25-3-2-16-30(25)28(35)21(11-15-27(33)34)9-5-20-6-12-24(31)13-7-20;22-18-9-7-17(13-23)16(12-18)8-10-19(25)14-24-21(27)20(26)11-6-15-4-2-1-3-5-15;/h4,6-8,12-13,17,21,25,31H,2-3,5,9-11,14-16,18,29H2,1H3,(H,33,34);1-5,7,9,12,20,26H,6,8,10-11,13-14,23H2,(H,24,27);1H4/t21-,25-;20-;/m01./s1. The van der Waals surface area contributed by atoms with Crippen LogP contribution in [0, 0.1) is 12.8 Å². The average molecular weight is 886 g/mol. The number of nitrogens with two attached hydrogens (primary N) is 2. The molecule has 13 heteroatoms. The van der Waals surface area contributed by atoms with E-state index in [-0.39, 0.29) is 56.5 Å². The van der Waals surface area contributed by atoms with E-state index in [0.29, 0.717) is 76.0 Å². The SMILES string of the molecule is C.Cc1ccc(CN)c(CCC(=O)[C@@H]2CCCN2C(=O)[C@H](CCC(=O)O)CCc2ccc(O)cc2)c1.NCc1ccc(Cl)cc1CCC(=O)CNC(=O)[C@H](O)CCc1ccccc1. The van der Waals surface area contributed by atoms with Crippen LogP contribution in [-0.2, 0) is 62.7 Å². The van der Waals surface area contributed by atoms with Gasteiger partial charge in [0.1, 0.15) is 11.9 Å². The number of aryl methyl sites for hydroxylation is 5. The molecule has 1 aliphatic rings. The van der Waals surface area contributed by atoms with Crippen LogP contribution in [0.2, 0.25) is 5.02 Å². The van der Waals surface area contributed by atoms with Crippen LogP contribution >= 0.6 is 11.6 Å². The molecule has 0 radical (unpaired) electrons. The summed E-state index contributed by atoms with van der Waals surface area (Å²) in [4.78, 5) is 63.6. The third-order valence-electron chi connectivity index (χ3n) is 11.3. The molecule has 3 atom stereocenters. The van der Waals surface area contributed by atoms with Gasteiger partial charge in [0.05, 0.1) is 12.6 Å². The second-order valence-electron chi connectivity index (χ2n) is 15.9. The summed E-state index contributed by atoms with van der Waals surface area (Å²) in [7, 11) is 0. The van der Waals surface area contributed by atoms with E-state index in [0.717, 1.165) is 45.4 Å². The van der Waals surface area contributed by atoms with E-state index in [9.17, 15) is 39.3 Å². The summed E-state index contributed by atoms with van der Waals surface area (Å²) >= 11 is 5.99. The van der Waals surface area contributed by atoms with E-state index in [4.69, 9.17) is 23.1 Å². The van der Waals surface area contributed by atoms with Crippen molar-refractivity contribution in [2.75, 3.05) is 13.1 Å². The fraction of sp³-hybridized carbons (Fsp3) is 0.420. The number of nitrogens with one attached hydrogen (secondary N) is 1. The molecule has 0 bridgehead atoms. The largest absolute Gasteiger partial charge is 0.508 e. The number of aliphatic hydroxyl groups excluding tert-OH is 1. The van der Waals surface area contributed by atoms with Crippen molar-refractivity contribution in [3.05, 3.63) is 135 Å². The minimum atomic E-state index is -1.13. The summed E-state index contributed by atoms with van der Waals surface area (Å²) in [5.74, 6) is -1.93. The monoisotopic (exact) mass is 884 g/mol. The number of amides is 2. The van der Waals surface area contributed by atoms with Gasteiger partial charge >= 0.3 is 5.97 Å². The van der Waals surface area contributed by atoms with Crippen LogP contribution in [0.5, 0.6) is 5.75 Å². The number of benzene rings is 4. The average Bonchev–Trinajstić information content (AvgIpc) is 3.77. The van der Waals surface area contributed by atoms with Crippen molar-refractivity contribution in [3.63, 3.8) is 0 Å². The molecule has 4 aromatic rings. The first-order chi connectivity index (χ1) is 29.8. The van der Waals surface area contributed by atoms with Gasteiger partial charge in [0, 0.05) is 49.8 Å². The Hall–Kier alpha value is -5.40. The van der Waals surface area contributed by atoms with Crippen molar-refractivity contribution in [1.29, 1.82) is 0 Å². The van der Waals surface area contributed by atoms with E-state index in [1.807, 2.05) is 61.5 Å². The number of likely N-dealkylation sites (tertiary alicyclic amines) is 1. The first-order valence-electron chi connectivity index (χ1n) is 21.4. The number of carboxylic acids is 1. The molecule has 0 unspecified atom stereocenters. The summed E-state index contributed by atoms with van der Waals surface area (Å²) in [5, 5.41) is 31.7. The third-order valence-corrected chi connectivity index (χ3v) is 11.5. The zero-order valence-electron chi connectivity index (χ0n) is 35.6. The molecule has 1 heterocycles. The lowest BCUT2D eigenvalue weighted by Crippen LogP contribution is -2.44. The number of aliphatic hydroxyl groups is 1. The fourth-order valence-corrected chi connectivity index (χ4v) is 7.87. The number of carbonyl (C=O) groups is 5. The Morgan fingerprint density at radius 1 is 0.762 bits per heavy atom. The fourth-order valence-electron chi connectivity index (χ4n) is 7.67. The second kappa shape index (κ2) is 26.9. The molecule has 8 N–H and O–H groups in total. The van der Waals surface area contributed by atoms with Crippen molar-refractivity contribution in [1.82, 2.24) is 10.2 Å². The summed E-state index contributed by atoms with van der Waals surface area (Å²) in [5.41, 5.74) is 18.7. The summed E-state index contributed by atoms with van der Waals surface area (Å²) in [6, 6.07) is 27.5. The van der Waals surface area contributed by atoms with Crippen LogP contribution in [0.25, 0.3) is 0 Å².